The molecule has 0 saturated carbocycles. The van der Waals surface area contributed by atoms with E-state index in [0.29, 0.717) is 77.5 Å². The Morgan fingerprint density at radius 1 is 0.545 bits per heavy atom. The van der Waals surface area contributed by atoms with E-state index < -0.39 is 88.2 Å². The Kier molecular flexibility index (Phi) is 21.8. The van der Waals surface area contributed by atoms with Crippen LogP contribution in [0.2, 0.25) is 5.02 Å². The fourth-order valence-electron chi connectivity index (χ4n) is 11.5. The quantitative estimate of drug-likeness (QED) is 0.0822. The van der Waals surface area contributed by atoms with Crippen LogP contribution in [0.5, 0.6) is 0 Å². The van der Waals surface area contributed by atoms with Crippen LogP contribution in [-0.2, 0) is 87.4 Å². The van der Waals surface area contributed by atoms with E-state index in [1.807, 2.05) is 0 Å². The third-order valence-corrected chi connectivity index (χ3v) is 17.4. The Morgan fingerprint density at radius 3 is 1.27 bits per heavy atom. The number of nitrogens with zero attached hydrogens (tertiary/aromatic N) is 13. The number of urea groups is 3. The second-order valence-corrected chi connectivity index (χ2v) is 24.5. The van der Waals surface area contributed by atoms with Crippen LogP contribution in [-0.4, -0.2) is 191 Å². The van der Waals surface area contributed by atoms with E-state index in [2.05, 4.69) is 63.1 Å². The molecule has 6 aromatic rings. The van der Waals surface area contributed by atoms with Gasteiger partial charge in [-0.15, -0.1) is 0 Å². The lowest BCUT2D eigenvalue weighted by atomic mass is 10.1. The predicted molar refractivity (Wildman–Crippen MR) is 340 cm³/mol. The summed E-state index contributed by atoms with van der Waals surface area (Å²) >= 11 is 8.39. The van der Waals surface area contributed by atoms with Gasteiger partial charge < -0.3 is 46.6 Å². The van der Waals surface area contributed by atoms with Gasteiger partial charge in [0.25, 0.3) is 17.7 Å². The zero-order valence-corrected chi connectivity index (χ0v) is 56.1. The summed E-state index contributed by atoms with van der Waals surface area (Å²) in [6.07, 6.45) is -0.293. The molecule has 0 bridgehead atoms. The summed E-state index contributed by atoms with van der Waals surface area (Å²) in [7, 11) is 4.43. The number of carbonyl (C=O) groups is 9. The first kappa shape index (κ1) is 71.5. The third kappa shape index (κ3) is 16.0. The lowest BCUT2D eigenvalue weighted by Gasteiger charge is -2.27. The second kappa shape index (κ2) is 30.2. The van der Waals surface area contributed by atoms with Gasteiger partial charge in [0.15, 0.2) is 11.6 Å². The summed E-state index contributed by atoms with van der Waals surface area (Å²) in [4.78, 5) is 132. The first-order valence-electron chi connectivity index (χ1n) is 30.6. The van der Waals surface area contributed by atoms with Gasteiger partial charge in [0.2, 0.25) is 17.7 Å². The molecule has 9 heterocycles. The molecule has 38 heteroatoms. The highest BCUT2D eigenvalue weighted by atomic mass is 79.9. The summed E-state index contributed by atoms with van der Waals surface area (Å²) < 4.78 is 73.1. The number of hydrogen-bond donors (Lipinski definition) is 6. The monoisotopic (exact) mass is 1460 g/mol. The number of anilines is 3. The topological polar surface area (TPSA) is 350 Å². The number of halogens is 7. The van der Waals surface area contributed by atoms with E-state index in [9.17, 15) is 65.1 Å². The van der Waals surface area contributed by atoms with Crippen molar-refractivity contribution < 1.29 is 79.6 Å². The lowest BCUT2D eigenvalue weighted by Crippen LogP contribution is -2.40. The van der Waals surface area contributed by atoms with Gasteiger partial charge in [-0.25, -0.2) is 51.5 Å². The number of hydroxylamine groups is 6. The number of fused-ring (bicyclic) bond motifs is 9. The fourth-order valence-corrected chi connectivity index (χ4v) is 12.0. The van der Waals surface area contributed by atoms with Crippen molar-refractivity contribution in [3.63, 3.8) is 0 Å². The Bertz CT molecular complexity index is 4130. The van der Waals surface area contributed by atoms with Crippen LogP contribution in [0.3, 0.4) is 0 Å². The van der Waals surface area contributed by atoms with Crippen molar-refractivity contribution >= 4 is 98.1 Å². The Hall–Kier alpha value is -10.3. The average Bonchev–Trinajstić information content (AvgIpc) is 1.64. The maximum Gasteiger partial charge on any atom is 0.322 e. The number of nitriles is 1. The van der Waals surface area contributed by atoms with E-state index in [0.717, 1.165) is 51.2 Å². The molecule has 6 aliphatic heterocycles. The van der Waals surface area contributed by atoms with E-state index in [-0.39, 0.29) is 110 Å². The van der Waals surface area contributed by atoms with Crippen molar-refractivity contribution in [2.45, 2.75) is 97.6 Å². The SMILES string of the molecule is CC(=O)NC[C@@H]1Cn2nc3c(c2C(=O)N(C)O1)CN(C(=O)Nc1ccc(F)c(Br)c1F)CC3.CC(=O)NC[C@@H]1Cn2nc3c(c2C(=O)N(C)O1)CN(C(=O)Nc1ccc(F)c(C#N)c1)CC3.CC(=O)NC[C@@H]1Cn2nc3c(c2C(=O)N(C)O1)CN(C(=O)Nc1ccc(F)c(Cl)c1F)CC3. The maximum atomic E-state index is 14.3. The Balaban J connectivity index is 0.000000161. The molecule has 6 N–H and O–H groups in total. The van der Waals surface area contributed by atoms with Crippen LogP contribution in [0.4, 0.5) is 53.4 Å². The molecule has 12 amide bonds. The highest BCUT2D eigenvalue weighted by Gasteiger charge is 2.40. The molecule has 6 aliphatic rings. The maximum absolute atomic E-state index is 14.3. The Labute approximate surface area is 573 Å². The molecule has 3 aromatic carbocycles. The minimum Gasteiger partial charge on any atom is -0.354 e. The van der Waals surface area contributed by atoms with Crippen LogP contribution in [0.25, 0.3) is 0 Å². The standard InChI is InChI=1S/C21H22FN7O4.C20H21BrF2N6O4.C20H21ClF2N6O4/c1-12(30)24-9-15-10-29-19(20(31)27(2)33-15)16-11-28(6-5-18(16)26-29)21(32)25-14-3-4-17(22)13(7-14)8-23;2*1-10(30)24-7-11-8-29-18(19(31)27(2)33-11)12-9-28(6-5-14(12)26-29)20(32)25-15-4-3-13(22)16(21)17(15)23/h3-4,7,15H,5-6,9-11H2,1-2H3,(H,24,30)(H,25,32);2*3-4,11H,5-9H2,1-2H3,(H,24,30)(H,25,32)/t15-;2*11-/m111/s1. The summed E-state index contributed by atoms with van der Waals surface area (Å²) in [5, 5.41) is 40.7. The zero-order valence-electron chi connectivity index (χ0n) is 53.7. The number of amides is 12. The minimum atomic E-state index is -1.07. The number of carbonyl (C=O) groups excluding carboxylic acids is 9. The third-order valence-electron chi connectivity index (χ3n) is 16.3. The van der Waals surface area contributed by atoms with Crippen molar-refractivity contribution in [1.82, 2.24) is 75.2 Å². The number of rotatable bonds is 9. The van der Waals surface area contributed by atoms with Gasteiger partial charge in [0.1, 0.15) is 63.9 Å². The number of aromatic nitrogens is 6. The lowest BCUT2D eigenvalue weighted by molar-refractivity contribution is -0.148. The molecule has 0 spiro atoms. The first-order valence-corrected chi connectivity index (χ1v) is 31.7. The Morgan fingerprint density at radius 2 is 0.899 bits per heavy atom. The van der Waals surface area contributed by atoms with Crippen LogP contribution >= 0.6 is 27.5 Å². The average molecular weight is 1470 g/mol. The molecule has 0 radical (unpaired) electrons. The fraction of sp³-hybridized carbons (Fsp3) is 0.393. The largest absolute Gasteiger partial charge is 0.354 e. The van der Waals surface area contributed by atoms with Crippen LogP contribution in [0.1, 0.15) is 91.6 Å². The van der Waals surface area contributed by atoms with Crippen molar-refractivity contribution in [3.8, 4) is 6.07 Å². The summed E-state index contributed by atoms with van der Waals surface area (Å²) in [6, 6.07) is 8.06. The molecule has 31 nitrogen and oxygen atoms in total. The molecular weight excluding hydrogens is 1400 g/mol. The molecule has 0 saturated heterocycles. The highest BCUT2D eigenvalue weighted by molar-refractivity contribution is 9.10. The molecule has 99 heavy (non-hydrogen) atoms. The van der Waals surface area contributed by atoms with E-state index >= 15 is 0 Å². The smallest absolute Gasteiger partial charge is 0.322 e. The van der Waals surface area contributed by atoms with E-state index in [1.165, 1.54) is 73.4 Å². The highest BCUT2D eigenvalue weighted by Crippen LogP contribution is 2.33. The van der Waals surface area contributed by atoms with Crippen LogP contribution < -0.4 is 31.9 Å². The van der Waals surface area contributed by atoms with Gasteiger partial charge in [-0.2, -0.15) is 20.6 Å². The zero-order chi connectivity index (χ0) is 71.4. The predicted octanol–water partition coefficient (Wildman–Crippen LogP) is 4.97. The second-order valence-electron chi connectivity index (χ2n) is 23.3. The van der Waals surface area contributed by atoms with Gasteiger partial charge in [-0.3, -0.25) is 57.3 Å². The summed E-state index contributed by atoms with van der Waals surface area (Å²) in [5.41, 5.74) is 4.49. The number of nitrogens with one attached hydrogen (secondary N) is 6. The first-order chi connectivity index (χ1) is 47.1. The van der Waals surface area contributed by atoms with Crippen LogP contribution in [0.15, 0.2) is 46.9 Å². The number of hydrogen-bond acceptors (Lipinski definition) is 16. The molecule has 0 aliphatic carbocycles. The minimum absolute atomic E-state index is 0.0585. The van der Waals surface area contributed by atoms with Gasteiger partial charge >= 0.3 is 18.1 Å². The van der Waals surface area contributed by atoms with Crippen molar-refractivity contribution in [2.75, 3.05) is 76.4 Å². The molecule has 3 aromatic heterocycles. The van der Waals surface area contributed by atoms with Gasteiger partial charge in [0, 0.05) is 123 Å². The number of benzene rings is 3. The van der Waals surface area contributed by atoms with Gasteiger partial charge in [-0.1, -0.05) is 11.6 Å². The molecule has 0 unspecified atom stereocenters. The van der Waals surface area contributed by atoms with E-state index in [1.54, 1.807) is 15.4 Å². The van der Waals surface area contributed by atoms with Gasteiger partial charge in [-0.05, 0) is 58.4 Å². The van der Waals surface area contributed by atoms with Crippen molar-refractivity contribution in [2.24, 2.45) is 0 Å². The van der Waals surface area contributed by atoms with Crippen molar-refractivity contribution in [1.29, 1.82) is 5.26 Å². The normalized spacial score (nSPS) is 17.7. The molecule has 3 atom stereocenters. The molecule has 0 fully saturated rings. The van der Waals surface area contributed by atoms with Gasteiger partial charge in [0.05, 0.1) is 77.8 Å². The molecule has 524 valence electrons. The molecule has 12 rings (SSSR count). The summed E-state index contributed by atoms with van der Waals surface area (Å²) in [5.74, 6) is -6.27. The molecular formula is C61H64BrClF5N19O12. The van der Waals surface area contributed by atoms with Crippen LogP contribution in [0, 0.1) is 40.4 Å². The van der Waals surface area contributed by atoms with E-state index in [4.69, 9.17) is 31.4 Å². The van der Waals surface area contributed by atoms with Crippen molar-refractivity contribution in [3.05, 3.63) is 137 Å². The summed E-state index contributed by atoms with van der Waals surface area (Å²) in [6.45, 7) is 6.74.